The van der Waals surface area contributed by atoms with E-state index in [-0.39, 0.29) is 16.6 Å². The van der Waals surface area contributed by atoms with Crippen LogP contribution in [0.4, 0.5) is 5.69 Å². The smallest absolute Gasteiger partial charge is 0.339 e. The molecule has 0 amide bonds. The molecule has 0 saturated carbocycles. The third kappa shape index (κ3) is 4.48. The number of terminal acetylenes is 1. The van der Waals surface area contributed by atoms with E-state index in [0.29, 0.717) is 21.8 Å². The van der Waals surface area contributed by atoms with Crippen molar-refractivity contribution in [2.75, 3.05) is 20.0 Å². The molecule has 0 radical (unpaired) electrons. The first kappa shape index (κ1) is 22.2. The number of aromatic nitrogens is 1. The van der Waals surface area contributed by atoms with Gasteiger partial charge in [0, 0.05) is 17.3 Å². The molecule has 1 aromatic heterocycles. The second kappa shape index (κ2) is 9.37. The predicted molar refractivity (Wildman–Crippen MR) is 115 cm³/mol. The number of carbonyl (C=O) groups excluding carboxylic acids is 2. The van der Waals surface area contributed by atoms with E-state index in [1.54, 1.807) is 12.3 Å². The topological polar surface area (TPSA) is 94.4 Å². The first-order valence-corrected chi connectivity index (χ1v) is 8.99. The number of hydrogen-bond acceptors (Lipinski definition) is 5. The van der Waals surface area contributed by atoms with Crippen LogP contribution in [0.2, 0.25) is 10.0 Å². The number of benzene rings is 2. The minimum absolute atomic E-state index is 0.152. The lowest BCUT2D eigenvalue weighted by atomic mass is 10.0. The number of H-pyrrole nitrogens is 1. The summed E-state index contributed by atoms with van der Waals surface area (Å²) >= 11 is 11.9. The van der Waals surface area contributed by atoms with Crippen LogP contribution in [0.1, 0.15) is 31.8 Å². The third-order valence-corrected chi connectivity index (χ3v) is 4.88. The van der Waals surface area contributed by atoms with Gasteiger partial charge in [0.05, 0.1) is 46.5 Å². The number of carbonyl (C=O) groups is 2. The summed E-state index contributed by atoms with van der Waals surface area (Å²) in [6.07, 6.45) is 6.99. The van der Waals surface area contributed by atoms with Crippen LogP contribution in [0.25, 0.3) is 10.9 Å². The molecule has 0 aliphatic heterocycles. The second-order valence-electron chi connectivity index (χ2n) is 5.82. The van der Waals surface area contributed by atoms with E-state index in [2.05, 4.69) is 20.4 Å². The molecule has 0 atom stereocenters. The van der Waals surface area contributed by atoms with Crippen LogP contribution in [-0.2, 0) is 9.47 Å². The maximum absolute atomic E-state index is 11.5. The highest BCUT2D eigenvalue weighted by Crippen LogP contribution is 2.28. The number of aryl methyl sites for hydroxylation is 1. The molecular formula is C21H18Cl2N2O4. The number of rotatable bonds is 2. The van der Waals surface area contributed by atoms with E-state index in [9.17, 15) is 9.59 Å². The molecule has 1 heterocycles. The largest absolute Gasteiger partial charge is 0.465 e. The van der Waals surface area contributed by atoms with E-state index in [1.807, 2.05) is 13.0 Å². The fraction of sp³-hybridized carbons (Fsp3) is 0.143. The Balaban J connectivity index is 0.000000208. The van der Waals surface area contributed by atoms with Gasteiger partial charge in [-0.25, -0.2) is 9.59 Å². The zero-order chi connectivity index (χ0) is 21.7. The Morgan fingerprint density at radius 2 is 1.72 bits per heavy atom. The number of nitrogens with two attached hydrogens (primary N) is 1. The number of nitrogens with one attached hydrogen (secondary N) is 1. The van der Waals surface area contributed by atoms with Crippen molar-refractivity contribution in [3.63, 3.8) is 0 Å². The third-order valence-electron chi connectivity index (χ3n) is 4.19. The van der Waals surface area contributed by atoms with Crippen LogP contribution >= 0.6 is 23.2 Å². The van der Waals surface area contributed by atoms with Crippen molar-refractivity contribution >= 4 is 51.7 Å². The van der Waals surface area contributed by atoms with E-state index < -0.39 is 5.97 Å². The fourth-order valence-electron chi connectivity index (χ4n) is 2.66. The predicted octanol–water partition coefficient (Wildman–Crippen LogP) is 4.61. The average molecular weight is 433 g/mol. The standard InChI is InChI=1S/C11H10ClNO2.C10H8ClNO2/c1-6-7-3-4-13-10(7)9(12)5-8(6)11(14)15-2;1-3-6-8(12)5-4-7(9(6)11)10(13)14-2/h3-5,13H,1-2H3;1,4-5H,12H2,2H3. The lowest BCUT2D eigenvalue weighted by molar-refractivity contribution is 0.0591. The fourth-order valence-corrected chi connectivity index (χ4v) is 3.23. The minimum Gasteiger partial charge on any atom is -0.465 e. The van der Waals surface area contributed by atoms with Crippen LogP contribution < -0.4 is 5.73 Å². The van der Waals surface area contributed by atoms with E-state index in [0.717, 1.165) is 16.5 Å². The molecule has 0 bridgehead atoms. The van der Waals surface area contributed by atoms with Crippen LogP contribution in [0.3, 0.4) is 0 Å². The Hall–Kier alpha value is -3.14. The van der Waals surface area contributed by atoms with E-state index in [1.165, 1.54) is 26.4 Å². The number of esters is 2. The molecule has 0 aliphatic rings. The highest BCUT2D eigenvalue weighted by molar-refractivity contribution is 6.36. The first-order chi connectivity index (χ1) is 13.8. The summed E-state index contributed by atoms with van der Waals surface area (Å²) in [6, 6.07) is 6.52. The maximum atomic E-state index is 11.5. The van der Waals surface area contributed by atoms with Gasteiger partial charge in [-0.3, -0.25) is 0 Å². The van der Waals surface area contributed by atoms with Crippen molar-refractivity contribution < 1.29 is 19.1 Å². The van der Waals surface area contributed by atoms with E-state index >= 15 is 0 Å². The number of anilines is 1. The molecule has 3 rings (SSSR count). The van der Waals surface area contributed by atoms with Crippen LogP contribution in [-0.4, -0.2) is 31.1 Å². The molecule has 0 saturated heterocycles. The van der Waals surface area contributed by atoms with Crippen LogP contribution in [0.5, 0.6) is 0 Å². The zero-order valence-corrected chi connectivity index (χ0v) is 17.4. The van der Waals surface area contributed by atoms with Crippen molar-refractivity contribution in [1.82, 2.24) is 4.98 Å². The van der Waals surface area contributed by atoms with Crippen molar-refractivity contribution in [3.05, 3.63) is 62.8 Å². The van der Waals surface area contributed by atoms with Crippen molar-refractivity contribution in [2.24, 2.45) is 0 Å². The SMILES string of the molecule is C#Cc1c(N)ccc(C(=O)OC)c1Cl.COC(=O)c1cc(Cl)c2[nH]ccc2c1C. The quantitative estimate of drug-likeness (QED) is 0.350. The molecule has 0 spiro atoms. The van der Waals surface area contributed by atoms with Gasteiger partial charge in [0.1, 0.15) is 0 Å². The van der Waals surface area contributed by atoms with Gasteiger partial charge in [0.2, 0.25) is 0 Å². The maximum Gasteiger partial charge on any atom is 0.339 e. The molecule has 8 heteroatoms. The highest BCUT2D eigenvalue weighted by Gasteiger charge is 2.15. The van der Waals surface area contributed by atoms with Gasteiger partial charge in [0.25, 0.3) is 0 Å². The molecule has 3 aromatic rings. The summed E-state index contributed by atoms with van der Waals surface area (Å²) < 4.78 is 9.21. The summed E-state index contributed by atoms with van der Waals surface area (Å²) in [7, 11) is 2.63. The average Bonchev–Trinajstić information content (AvgIpc) is 3.21. The summed E-state index contributed by atoms with van der Waals surface area (Å²) in [5.41, 5.74) is 8.70. The number of fused-ring (bicyclic) bond motifs is 1. The lowest BCUT2D eigenvalue weighted by Gasteiger charge is -2.06. The number of ether oxygens (including phenoxy) is 2. The van der Waals surface area contributed by atoms with Crippen molar-refractivity contribution in [2.45, 2.75) is 6.92 Å². The van der Waals surface area contributed by atoms with Gasteiger partial charge < -0.3 is 20.2 Å². The van der Waals surface area contributed by atoms with E-state index in [4.69, 9.17) is 35.4 Å². The van der Waals surface area contributed by atoms with Gasteiger partial charge in [-0.05, 0) is 36.8 Å². The molecule has 3 N–H and O–H groups in total. The molecule has 29 heavy (non-hydrogen) atoms. The summed E-state index contributed by atoms with van der Waals surface area (Å²) in [6.45, 7) is 1.87. The van der Waals surface area contributed by atoms with Crippen molar-refractivity contribution in [3.8, 4) is 12.3 Å². The number of nitrogen functional groups attached to an aromatic ring is 1. The molecule has 6 nitrogen and oxygen atoms in total. The van der Waals surface area contributed by atoms with Gasteiger partial charge in [-0.15, -0.1) is 6.42 Å². The molecule has 0 fully saturated rings. The Morgan fingerprint density at radius 3 is 2.31 bits per heavy atom. The molecule has 150 valence electrons. The monoisotopic (exact) mass is 432 g/mol. The molecular weight excluding hydrogens is 415 g/mol. The van der Waals surface area contributed by atoms with Gasteiger partial charge in [0.15, 0.2) is 0 Å². The number of methoxy groups -OCH3 is 2. The van der Waals surface area contributed by atoms with Gasteiger partial charge >= 0.3 is 11.9 Å². The Kier molecular flexibility index (Phi) is 7.16. The Bertz CT molecular complexity index is 1130. The normalized spacial score (nSPS) is 9.93. The number of hydrogen-bond donors (Lipinski definition) is 2. The van der Waals surface area contributed by atoms with Crippen LogP contribution in [0.15, 0.2) is 30.5 Å². The second-order valence-corrected chi connectivity index (χ2v) is 6.60. The summed E-state index contributed by atoms with van der Waals surface area (Å²) in [5.74, 6) is 1.42. The Labute approximate surface area is 177 Å². The van der Waals surface area contributed by atoms with Crippen LogP contribution in [0, 0.1) is 19.3 Å². The number of aromatic amines is 1. The van der Waals surface area contributed by atoms with Gasteiger partial charge in [-0.1, -0.05) is 29.1 Å². The molecule has 0 unspecified atom stereocenters. The molecule has 2 aromatic carbocycles. The zero-order valence-electron chi connectivity index (χ0n) is 15.9. The number of halogens is 2. The van der Waals surface area contributed by atoms with Gasteiger partial charge in [-0.2, -0.15) is 0 Å². The lowest BCUT2D eigenvalue weighted by Crippen LogP contribution is -2.04. The highest BCUT2D eigenvalue weighted by atomic mass is 35.5. The first-order valence-electron chi connectivity index (χ1n) is 8.24. The molecule has 0 aliphatic carbocycles. The Morgan fingerprint density at radius 1 is 1.10 bits per heavy atom. The minimum atomic E-state index is -0.536. The summed E-state index contributed by atoms with van der Waals surface area (Å²) in [4.78, 5) is 25.7. The van der Waals surface area contributed by atoms with Crippen molar-refractivity contribution in [1.29, 1.82) is 0 Å². The summed E-state index contributed by atoms with van der Waals surface area (Å²) in [5, 5.41) is 1.63.